The zero-order valence-electron chi connectivity index (χ0n) is 12.0. The zero-order chi connectivity index (χ0) is 15.5. The van der Waals surface area contributed by atoms with E-state index in [9.17, 15) is 8.42 Å². The van der Waals surface area contributed by atoms with Crippen molar-refractivity contribution < 1.29 is 13.2 Å². The normalized spacial score (nSPS) is 11.1. The van der Waals surface area contributed by atoms with Crippen molar-refractivity contribution in [2.24, 2.45) is 0 Å². The Morgan fingerprint density at radius 3 is 2.48 bits per heavy atom. The lowest BCUT2D eigenvalue weighted by Crippen LogP contribution is -2.29. The zero-order valence-corrected chi connectivity index (χ0v) is 12.8. The molecular formula is C15H18N2O3S. The minimum absolute atomic E-state index is 0.187. The number of nitrogens with zero attached hydrogens (tertiary/aromatic N) is 1. The summed E-state index contributed by atoms with van der Waals surface area (Å²) in [4.78, 5) is 0. The first-order valence-electron chi connectivity index (χ1n) is 6.37. The number of rotatable bonds is 5. The molecule has 0 bridgehead atoms. The van der Waals surface area contributed by atoms with Gasteiger partial charge in [-0.1, -0.05) is 24.3 Å². The Morgan fingerprint density at radius 1 is 1.14 bits per heavy atom. The molecule has 0 radical (unpaired) electrons. The Morgan fingerprint density at radius 2 is 1.86 bits per heavy atom. The highest BCUT2D eigenvalue weighted by atomic mass is 32.2. The van der Waals surface area contributed by atoms with Crippen molar-refractivity contribution in [2.45, 2.75) is 6.54 Å². The minimum atomic E-state index is -3.44. The highest BCUT2D eigenvalue weighted by Crippen LogP contribution is 2.26. The van der Waals surface area contributed by atoms with Crippen molar-refractivity contribution in [2.75, 3.05) is 23.4 Å². The molecule has 0 saturated heterocycles. The van der Waals surface area contributed by atoms with Crippen molar-refractivity contribution in [1.82, 2.24) is 0 Å². The molecule has 2 rings (SSSR count). The number of nitrogens with two attached hydrogens (primary N) is 1. The van der Waals surface area contributed by atoms with Crippen LogP contribution in [0.3, 0.4) is 0 Å². The van der Waals surface area contributed by atoms with Crippen molar-refractivity contribution >= 4 is 21.4 Å². The Bertz CT molecular complexity index is 729. The van der Waals surface area contributed by atoms with Gasteiger partial charge in [0.2, 0.25) is 10.0 Å². The Balaban J connectivity index is 2.43. The molecule has 0 amide bonds. The van der Waals surface area contributed by atoms with Crippen LogP contribution in [0.4, 0.5) is 11.4 Å². The summed E-state index contributed by atoms with van der Waals surface area (Å²) < 4.78 is 30.8. The predicted octanol–water partition coefficient (Wildman–Crippen LogP) is 2.24. The van der Waals surface area contributed by atoms with Gasteiger partial charge in [0, 0.05) is 11.3 Å². The number of sulfonamides is 1. The van der Waals surface area contributed by atoms with Gasteiger partial charge >= 0.3 is 0 Å². The number of methoxy groups -OCH3 is 1. The van der Waals surface area contributed by atoms with Gasteiger partial charge in [-0.3, -0.25) is 4.31 Å². The molecule has 2 aromatic rings. The summed E-state index contributed by atoms with van der Waals surface area (Å²) in [6.45, 7) is 0.187. The SMILES string of the molecule is COc1ccccc1CN(c1cccc(N)c1)S(C)(=O)=O. The highest BCUT2D eigenvalue weighted by molar-refractivity contribution is 7.92. The maximum Gasteiger partial charge on any atom is 0.232 e. The summed E-state index contributed by atoms with van der Waals surface area (Å²) >= 11 is 0. The molecule has 112 valence electrons. The highest BCUT2D eigenvalue weighted by Gasteiger charge is 2.19. The molecule has 0 aliphatic rings. The molecule has 5 nitrogen and oxygen atoms in total. The van der Waals surface area contributed by atoms with Crippen molar-refractivity contribution in [3.8, 4) is 5.75 Å². The first-order chi connectivity index (χ1) is 9.91. The number of hydrogen-bond acceptors (Lipinski definition) is 4. The van der Waals surface area contributed by atoms with Crippen LogP contribution in [0.25, 0.3) is 0 Å². The van der Waals surface area contributed by atoms with Gasteiger partial charge in [0.15, 0.2) is 0 Å². The van der Waals surface area contributed by atoms with Crippen LogP contribution in [0.1, 0.15) is 5.56 Å². The average Bonchev–Trinajstić information content (AvgIpc) is 2.44. The summed E-state index contributed by atoms with van der Waals surface area (Å²) in [7, 11) is -1.88. The number of hydrogen-bond donors (Lipinski definition) is 1. The molecule has 0 aliphatic heterocycles. The van der Waals surface area contributed by atoms with Crippen LogP contribution in [-0.2, 0) is 16.6 Å². The van der Waals surface area contributed by atoms with E-state index in [1.165, 1.54) is 10.6 Å². The topological polar surface area (TPSA) is 72.6 Å². The summed E-state index contributed by atoms with van der Waals surface area (Å²) in [5.74, 6) is 0.648. The van der Waals surface area contributed by atoms with E-state index in [2.05, 4.69) is 0 Å². The van der Waals surface area contributed by atoms with E-state index in [-0.39, 0.29) is 6.54 Å². The van der Waals surface area contributed by atoms with Crippen molar-refractivity contribution in [1.29, 1.82) is 0 Å². The van der Waals surface area contributed by atoms with E-state index in [4.69, 9.17) is 10.5 Å². The van der Waals surface area contributed by atoms with E-state index >= 15 is 0 Å². The molecular weight excluding hydrogens is 288 g/mol. The van der Waals surface area contributed by atoms with Gasteiger partial charge in [-0.05, 0) is 24.3 Å². The lowest BCUT2D eigenvalue weighted by Gasteiger charge is -2.23. The van der Waals surface area contributed by atoms with E-state index in [0.717, 1.165) is 5.56 Å². The lowest BCUT2D eigenvalue weighted by molar-refractivity contribution is 0.410. The quantitative estimate of drug-likeness (QED) is 0.860. The maximum atomic E-state index is 12.1. The maximum absolute atomic E-state index is 12.1. The largest absolute Gasteiger partial charge is 0.496 e. The summed E-state index contributed by atoms with van der Waals surface area (Å²) in [6.07, 6.45) is 1.17. The third-order valence-corrected chi connectivity index (χ3v) is 4.21. The third-order valence-electron chi connectivity index (χ3n) is 3.06. The predicted molar refractivity (Wildman–Crippen MR) is 84.9 cm³/mol. The molecule has 2 N–H and O–H groups in total. The molecule has 0 saturated carbocycles. The van der Waals surface area contributed by atoms with E-state index in [1.807, 2.05) is 18.2 Å². The second kappa shape index (κ2) is 6.05. The molecule has 0 heterocycles. The number of anilines is 2. The van der Waals surface area contributed by atoms with Crippen LogP contribution in [0.5, 0.6) is 5.75 Å². The van der Waals surface area contributed by atoms with Crippen LogP contribution in [-0.4, -0.2) is 21.8 Å². The number of ether oxygens (including phenoxy) is 1. The first-order valence-corrected chi connectivity index (χ1v) is 8.22. The lowest BCUT2D eigenvalue weighted by atomic mass is 10.2. The molecule has 2 aromatic carbocycles. The van der Waals surface area contributed by atoms with Gasteiger partial charge < -0.3 is 10.5 Å². The molecule has 0 fully saturated rings. The summed E-state index contributed by atoms with van der Waals surface area (Å²) in [5, 5.41) is 0. The third kappa shape index (κ3) is 3.66. The second-order valence-electron chi connectivity index (χ2n) is 4.68. The first kappa shape index (κ1) is 15.2. The van der Waals surface area contributed by atoms with Gasteiger partial charge in [0.25, 0.3) is 0 Å². The van der Waals surface area contributed by atoms with E-state index in [1.54, 1.807) is 37.4 Å². The van der Waals surface area contributed by atoms with Gasteiger partial charge in [0.1, 0.15) is 5.75 Å². The van der Waals surface area contributed by atoms with Crippen LogP contribution < -0.4 is 14.8 Å². The molecule has 6 heteroatoms. The fourth-order valence-electron chi connectivity index (χ4n) is 2.07. The number of para-hydroxylation sites is 1. The van der Waals surface area contributed by atoms with Gasteiger partial charge in [-0.2, -0.15) is 0 Å². The van der Waals surface area contributed by atoms with Gasteiger partial charge in [0.05, 0.1) is 25.6 Å². The second-order valence-corrected chi connectivity index (χ2v) is 6.58. The Hall–Kier alpha value is -2.21. The minimum Gasteiger partial charge on any atom is -0.496 e. The molecule has 0 aliphatic carbocycles. The number of benzene rings is 2. The van der Waals surface area contributed by atoms with Gasteiger partial charge in [-0.15, -0.1) is 0 Å². The van der Waals surface area contributed by atoms with E-state index in [0.29, 0.717) is 17.1 Å². The smallest absolute Gasteiger partial charge is 0.232 e. The van der Waals surface area contributed by atoms with Crippen molar-refractivity contribution in [3.05, 3.63) is 54.1 Å². The average molecular weight is 306 g/mol. The van der Waals surface area contributed by atoms with Gasteiger partial charge in [-0.25, -0.2) is 8.42 Å². The Labute approximate surface area is 125 Å². The summed E-state index contributed by atoms with van der Waals surface area (Å²) in [6, 6.07) is 14.1. The van der Waals surface area contributed by atoms with E-state index < -0.39 is 10.0 Å². The molecule has 21 heavy (non-hydrogen) atoms. The van der Waals surface area contributed by atoms with Crippen LogP contribution in [0.2, 0.25) is 0 Å². The van der Waals surface area contributed by atoms with Crippen LogP contribution in [0, 0.1) is 0 Å². The fraction of sp³-hybridized carbons (Fsp3) is 0.200. The molecule has 0 aromatic heterocycles. The summed E-state index contributed by atoms with van der Waals surface area (Å²) in [5.41, 5.74) is 7.57. The molecule has 0 unspecified atom stereocenters. The Kier molecular flexibility index (Phi) is 4.37. The number of nitrogen functional groups attached to an aromatic ring is 1. The van der Waals surface area contributed by atoms with Crippen LogP contribution >= 0.6 is 0 Å². The molecule has 0 spiro atoms. The van der Waals surface area contributed by atoms with Crippen LogP contribution in [0.15, 0.2) is 48.5 Å². The standard InChI is InChI=1S/C15H18N2O3S/c1-20-15-9-4-3-6-12(15)11-17(21(2,18)19)14-8-5-7-13(16)10-14/h3-10H,11,16H2,1-2H3. The molecule has 0 atom stereocenters. The monoisotopic (exact) mass is 306 g/mol. The fourth-order valence-corrected chi connectivity index (χ4v) is 2.94. The van der Waals surface area contributed by atoms with Crippen molar-refractivity contribution in [3.63, 3.8) is 0 Å².